The van der Waals surface area contributed by atoms with Crippen LogP contribution in [0.2, 0.25) is 0 Å². The third-order valence-corrected chi connectivity index (χ3v) is 5.20. The normalized spacial score (nSPS) is 12.1. The molecule has 0 aliphatic rings. The fourth-order valence-corrected chi connectivity index (χ4v) is 3.29. The summed E-state index contributed by atoms with van der Waals surface area (Å²) in [6, 6.07) is 2.27. The molecule has 1 nitrogen and oxygen atoms in total. The van der Waals surface area contributed by atoms with E-state index in [0.29, 0.717) is 5.41 Å². The van der Waals surface area contributed by atoms with Crippen molar-refractivity contribution in [1.82, 2.24) is 5.32 Å². The Labute approximate surface area is 112 Å². The van der Waals surface area contributed by atoms with Gasteiger partial charge < -0.3 is 5.32 Å². The smallest absolute Gasteiger partial charge is 0.0314 e. The molecule has 0 unspecified atom stereocenters. The van der Waals surface area contributed by atoms with Crippen molar-refractivity contribution in [1.29, 1.82) is 0 Å². The van der Waals surface area contributed by atoms with Crippen LogP contribution in [0.25, 0.3) is 0 Å². The molecule has 0 radical (unpaired) electrons. The lowest BCUT2D eigenvalue weighted by molar-refractivity contribution is 0.306. The monoisotopic (exact) mass is 303 g/mol. The number of hydrogen-bond donors (Lipinski definition) is 1. The summed E-state index contributed by atoms with van der Waals surface area (Å²) in [6.45, 7) is 8.00. The highest BCUT2D eigenvalue weighted by molar-refractivity contribution is 9.10. The van der Waals surface area contributed by atoms with Crippen LogP contribution in [0.1, 0.15) is 36.4 Å². The van der Waals surface area contributed by atoms with E-state index in [1.54, 1.807) is 0 Å². The molecule has 1 rings (SSSR count). The zero-order valence-electron chi connectivity index (χ0n) is 10.7. The summed E-state index contributed by atoms with van der Waals surface area (Å²) in [4.78, 5) is 2.89. The largest absolute Gasteiger partial charge is 0.320 e. The molecule has 0 bridgehead atoms. The number of halogens is 1. The van der Waals surface area contributed by atoms with Gasteiger partial charge in [-0.15, -0.1) is 11.3 Å². The van der Waals surface area contributed by atoms with Crippen LogP contribution in [0.5, 0.6) is 0 Å². The Morgan fingerprint density at radius 2 is 2.06 bits per heavy atom. The van der Waals surface area contributed by atoms with Crippen molar-refractivity contribution in [2.45, 2.75) is 40.0 Å². The Kier molecular flexibility index (Phi) is 5.48. The molecule has 0 saturated carbocycles. The molecule has 92 valence electrons. The van der Waals surface area contributed by atoms with Gasteiger partial charge in [0, 0.05) is 14.2 Å². The number of thiophene rings is 1. The van der Waals surface area contributed by atoms with E-state index in [0.717, 1.165) is 6.54 Å². The van der Waals surface area contributed by atoms with Gasteiger partial charge in [0.25, 0.3) is 0 Å². The molecular weight excluding hydrogens is 282 g/mol. The Morgan fingerprint density at radius 3 is 2.56 bits per heavy atom. The zero-order valence-corrected chi connectivity index (χ0v) is 13.1. The Bertz CT molecular complexity index is 311. The van der Waals surface area contributed by atoms with E-state index < -0.39 is 0 Å². The summed E-state index contributed by atoms with van der Waals surface area (Å²) in [7, 11) is 2.02. The first-order chi connectivity index (χ1) is 7.44. The second-order valence-corrected chi connectivity index (χ2v) is 7.33. The Morgan fingerprint density at radius 1 is 1.38 bits per heavy atom. The predicted octanol–water partition coefficient (Wildman–Crippen LogP) is 4.39. The van der Waals surface area contributed by atoms with Crippen LogP contribution in [0.4, 0.5) is 0 Å². The molecule has 0 aliphatic carbocycles. The van der Waals surface area contributed by atoms with Gasteiger partial charge in [-0.25, -0.2) is 0 Å². The summed E-state index contributed by atoms with van der Waals surface area (Å²) >= 11 is 5.50. The summed E-state index contributed by atoms with van der Waals surface area (Å²) in [5.74, 6) is 0. The Hall–Kier alpha value is 0.140. The van der Waals surface area contributed by atoms with Gasteiger partial charge in [0.15, 0.2) is 0 Å². The van der Waals surface area contributed by atoms with Crippen LogP contribution in [0.15, 0.2) is 10.5 Å². The van der Waals surface area contributed by atoms with E-state index in [9.17, 15) is 0 Å². The fourth-order valence-electron chi connectivity index (χ4n) is 1.69. The molecule has 0 spiro atoms. The predicted molar refractivity (Wildman–Crippen MR) is 77.4 cm³/mol. The van der Waals surface area contributed by atoms with Gasteiger partial charge >= 0.3 is 0 Å². The van der Waals surface area contributed by atoms with Crippen LogP contribution < -0.4 is 5.32 Å². The highest BCUT2D eigenvalue weighted by atomic mass is 79.9. The first-order valence-electron chi connectivity index (χ1n) is 5.84. The van der Waals surface area contributed by atoms with Crippen LogP contribution in [-0.4, -0.2) is 13.6 Å². The van der Waals surface area contributed by atoms with Crippen LogP contribution in [0.3, 0.4) is 0 Å². The minimum absolute atomic E-state index is 0.438. The lowest BCUT2D eigenvalue weighted by Gasteiger charge is -2.24. The molecule has 3 heteroatoms. The summed E-state index contributed by atoms with van der Waals surface area (Å²) < 4.78 is 1.26. The maximum absolute atomic E-state index is 3.58. The van der Waals surface area contributed by atoms with Crippen molar-refractivity contribution >= 4 is 27.3 Å². The van der Waals surface area contributed by atoms with Crippen molar-refractivity contribution in [2.24, 2.45) is 5.41 Å². The Balaban J connectivity index is 2.44. The highest BCUT2D eigenvalue weighted by Gasteiger charge is 2.17. The molecule has 1 heterocycles. The molecule has 0 amide bonds. The minimum atomic E-state index is 0.438. The molecule has 1 aromatic rings. The lowest BCUT2D eigenvalue weighted by Crippen LogP contribution is -2.20. The topological polar surface area (TPSA) is 12.0 Å². The van der Waals surface area contributed by atoms with E-state index in [-0.39, 0.29) is 0 Å². The van der Waals surface area contributed by atoms with Gasteiger partial charge in [-0.3, -0.25) is 0 Å². The maximum atomic E-state index is 3.58. The number of rotatable bonds is 6. The highest BCUT2D eigenvalue weighted by Crippen LogP contribution is 2.31. The maximum Gasteiger partial charge on any atom is 0.0314 e. The third-order valence-electron chi connectivity index (χ3n) is 3.01. The SMILES string of the molecule is CNCCC(C)(C)CCc1cc(Br)c(C)s1. The zero-order chi connectivity index (χ0) is 12.2. The average Bonchev–Trinajstić information content (AvgIpc) is 2.53. The van der Waals surface area contributed by atoms with E-state index in [2.05, 4.69) is 48.1 Å². The van der Waals surface area contributed by atoms with Crippen LogP contribution in [0, 0.1) is 12.3 Å². The number of nitrogens with one attached hydrogen (secondary N) is 1. The van der Waals surface area contributed by atoms with Gasteiger partial charge in [0.05, 0.1) is 0 Å². The summed E-state index contributed by atoms with van der Waals surface area (Å²) in [5.41, 5.74) is 0.438. The standard InChI is InChI=1S/C13H22BrNS/c1-10-12(14)9-11(16-10)5-6-13(2,3)7-8-15-4/h9,15H,5-8H2,1-4H3. The molecule has 1 aromatic heterocycles. The van der Waals surface area contributed by atoms with Crippen LogP contribution in [-0.2, 0) is 6.42 Å². The third kappa shape index (κ3) is 4.56. The van der Waals surface area contributed by atoms with Crippen molar-refractivity contribution in [3.05, 3.63) is 20.3 Å². The van der Waals surface area contributed by atoms with E-state index in [1.807, 2.05) is 18.4 Å². The minimum Gasteiger partial charge on any atom is -0.320 e. The van der Waals surface area contributed by atoms with Gasteiger partial charge in [0.2, 0.25) is 0 Å². The van der Waals surface area contributed by atoms with Crippen LogP contribution >= 0.6 is 27.3 Å². The van der Waals surface area contributed by atoms with E-state index >= 15 is 0 Å². The quantitative estimate of drug-likeness (QED) is 0.822. The van der Waals surface area contributed by atoms with E-state index in [1.165, 1.54) is 33.5 Å². The summed E-state index contributed by atoms with van der Waals surface area (Å²) in [5, 5.41) is 3.23. The molecule has 0 atom stereocenters. The molecule has 16 heavy (non-hydrogen) atoms. The van der Waals surface area contributed by atoms with E-state index in [4.69, 9.17) is 0 Å². The van der Waals surface area contributed by atoms with Gasteiger partial charge in [-0.1, -0.05) is 13.8 Å². The van der Waals surface area contributed by atoms with Crippen molar-refractivity contribution in [3.63, 3.8) is 0 Å². The second-order valence-electron chi connectivity index (χ2n) is 5.13. The molecule has 0 aromatic carbocycles. The molecule has 1 N–H and O–H groups in total. The number of aryl methyl sites for hydroxylation is 2. The second kappa shape index (κ2) is 6.18. The van der Waals surface area contributed by atoms with Gasteiger partial charge in [0.1, 0.15) is 0 Å². The fraction of sp³-hybridized carbons (Fsp3) is 0.692. The van der Waals surface area contributed by atoms with Gasteiger partial charge in [-0.2, -0.15) is 0 Å². The average molecular weight is 304 g/mol. The molecule has 0 fully saturated rings. The van der Waals surface area contributed by atoms with Crippen molar-refractivity contribution in [3.8, 4) is 0 Å². The first-order valence-corrected chi connectivity index (χ1v) is 7.45. The number of hydrogen-bond acceptors (Lipinski definition) is 2. The first kappa shape index (κ1) is 14.2. The molecule has 0 saturated heterocycles. The van der Waals surface area contributed by atoms with Gasteiger partial charge in [-0.05, 0) is 67.2 Å². The lowest BCUT2D eigenvalue weighted by atomic mass is 9.84. The van der Waals surface area contributed by atoms with Crippen molar-refractivity contribution in [2.75, 3.05) is 13.6 Å². The molecular formula is C13H22BrNS. The molecule has 0 aliphatic heterocycles. The summed E-state index contributed by atoms with van der Waals surface area (Å²) in [6.07, 6.45) is 3.71. The van der Waals surface area contributed by atoms with Crippen molar-refractivity contribution < 1.29 is 0 Å².